The summed E-state index contributed by atoms with van der Waals surface area (Å²) in [4.78, 5) is 23.4. The van der Waals surface area contributed by atoms with Crippen molar-refractivity contribution in [2.75, 3.05) is 13.2 Å². The monoisotopic (exact) mass is 331 g/mol. The lowest BCUT2D eigenvalue weighted by molar-refractivity contribution is -0.124. The molecule has 0 aliphatic heterocycles. The number of aliphatic hydroxyl groups excluding tert-OH is 1. The summed E-state index contributed by atoms with van der Waals surface area (Å²) in [5.74, 6) is -1.39. The number of carbonyl (C=O) groups is 2. The van der Waals surface area contributed by atoms with Crippen LogP contribution in [0, 0.1) is 5.82 Å². The molecule has 0 atom stereocenters. The zero-order valence-electron chi connectivity index (χ0n) is 13.0. The Bertz CT molecular complexity index is 700. The van der Waals surface area contributed by atoms with E-state index in [4.69, 9.17) is 9.84 Å². The van der Waals surface area contributed by atoms with Crippen LogP contribution < -0.4 is 5.32 Å². The molecule has 126 valence electrons. The first-order valence-corrected chi connectivity index (χ1v) is 7.47. The first-order chi connectivity index (χ1) is 11.6. The third kappa shape index (κ3) is 5.17. The predicted molar refractivity (Wildman–Crippen MR) is 85.8 cm³/mol. The maximum absolute atomic E-state index is 13.4. The quantitative estimate of drug-likeness (QED) is 0.759. The molecule has 0 saturated carbocycles. The van der Waals surface area contributed by atoms with Gasteiger partial charge in [0.05, 0.1) is 12.2 Å². The molecular weight excluding hydrogens is 313 g/mol. The van der Waals surface area contributed by atoms with Gasteiger partial charge in [-0.05, 0) is 35.7 Å². The van der Waals surface area contributed by atoms with Gasteiger partial charge in [-0.2, -0.15) is 0 Å². The van der Waals surface area contributed by atoms with Gasteiger partial charge >= 0.3 is 5.97 Å². The summed E-state index contributed by atoms with van der Waals surface area (Å²) in [5, 5.41) is 11.5. The van der Waals surface area contributed by atoms with Crippen LogP contribution in [0.15, 0.2) is 48.5 Å². The molecule has 5 nitrogen and oxygen atoms in total. The smallest absolute Gasteiger partial charge is 0.338 e. The molecule has 0 aliphatic carbocycles. The van der Waals surface area contributed by atoms with Crippen LogP contribution in [0.4, 0.5) is 4.39 Å². The Kier molecular flexibility index (Phi) is 6.45. The molecule has 0 spiro atoms. The average molecular weight is 331 g/mol. The predicted octanol–water partition coefficient (Wildman–Crippen LogP) is 1.83. The van der Waals surface area contributed by atoms with E-state index in [1.54, 1.807) is 30.3 Å². The number of benzene rings is 2. The standard InChI is InChI=1S/C18H18FNO4/c19-16-4-2-1-3-14(16)9-10-20-17(22)12-24-18(23)15-7-5-13(11-21)6-8-15/h1-8,21H,9-12H2,(H,20,22). The summed E-state index contributed by atoms with van der Waals surface area (Å²) >= 11 is 0. The second-order valence-corrected chi connectivity index (χ2v) is 5.12. The molecule has 0 saturated heterocycles. The number of hydrogen-bond donors (Lipinski definition) is 2. The summed E-state index contributed by atoms with van der Waals surface area (Å²) in [7, 11) is 0. The fourth-order valence-electron chi connectivity index (χ4n) is 2.05. The molecule has 0 unspecified atom stereocenters. The van der Waals surface area contributed by atoms with Crippen molar-refractivity contribution in [1.82, 2.24) is 5.32 Å². The molecule has 6 heteroatoms. The molecular formula is C18H18FNO4. The number of esters is 1. The maximum Gasteiger partial charge on any atom is 0.338 e. The molecule has 24 heavy (non-hydrogen) atoms. The van der Waals surface area contributed by atoms with Gasteiger partial charge in [-0.3, -0.25) is 4.79 Å². The summed E-state index contributed by atoms with van der Waals surface area (Å²) in [6, 6.07) is 12.6. The first kappa shape index (κ1) is 17.6. The Morgan fingerprint density at radius 3 is 2.46 bits per heavy atom. The van der Waals surface area contributed by atoms with Gasteiger partial charge in [0.2, 0.25) is 0 Å². The Hall–Kier alpha value is -2.73. The zero-order chi connectivity index (χ0) is 17.4. The fourth-order valence-corrected chi connectivity index (χ4v) is 2.05. The SMILES string of the molecule is O=C(COC(=O)c1ccc(CO)cc1)NCCc1ccccc1F. The molecule has 2 rings (SSSR count). The number of ether oxygens (including phenoxy) is 1. The molecule has 1 amide bonds. The minimum atomic E-state index is -0.622. The normalized spacial score (nSPS) is 10.2. The number of nitrogens with one attached hydrogen (secondary N) is 1. The van der Waals surface area contributed by atoms with Gasteiger partial charge in [-0.15, -0.1) is 0 Å². The van der Waals surface area contributed by atoms with E-state index in [9.17, 15) is 14.0 Å². The molecule has 2 aromatic carbocycles. The van der Waals surface area contributed by atoms with Crippen molar-refractivity contribution >= 4 is 11.9 Å². The number of aliphatic hydroxyl groups is 1. The minimum absolute atomic E-state index is 0.111. The van der Waals surface area contributed by atoms with Crippen LogP contribution in [0.2, 0.25) is 0 Å². The van der Waals surface area contributed by atoms with Crippen LogP contribution in [0.3, 0.4) is 0 Å². The molecule has 2 N–H and O–H groups in total. The van der Waals surface area contributed by atoms with Crippen molar-refractivity contribution < 1.29 is 23.8 Å². The molecule has 0 aromatic heterocycles. The second-order valence-electron chi connectivity index (χ2n) is 5.12. The topological polar surface area (TPSA) is 75.6 Å². The van der Waals surface area contributed by atoms with Gasteiger partial charge in [0, 0.05) is 6.54 Å². The van der Waals surface area contributed by atoms with E-state index in [1.165, 1.54) is 18.2 Å². The van der Waals surface area contributed by atoms with Gasteiger partial charge in [-0.1, -0.05) is 30.3 Å². The lowest BCUT2D eigenvalue weighted by atomic mass is 10.1. The highest BCUT2D eigenvalue weighted by Crippen LogP contribution is 2.07. The molecule has 0 radical (unpaired) electrons. The number of halogens is 1. The van der Waals surface area contributed by atoms with Gasteiger partial charge in [0.25, 0.3) is 5.91 Å². The van der Waals surface area contributed by atoms with Crippen LogP contribution in [0.5, 0.6) is 0 Å². The minimum Gasteiger partial charge on any atom is -0.452 e. The van der Waals surface area contributed by atoms with Crippen molar-refractivity contribution in [3.05, 3.63) is 71.0 Å². The second kappa shape index (κ2) is 8.79. The number of hydrogen-bond acceptors (Lipinski definition) is 4. The van der Waals surface area contributed by atoms with Gasteiger partial charge in [0.15, 0.2) is 6.61 Å². The summed E-state index contributed by atoms with van der Waals surface area (Å²) in [5.41, 5.74) is 1.49. The van der Waals surface area contributed by atoms with E-state index in [-0.39, 0.29) is 19.0 Å². The maximum atomic E-state index is 13.4. The van der Waals surface area contributed by atoms with E-state index in [1.807, 2.05) is 0 Å². The van der Waals surface area contributed by atoms with Gasteiger partial charge in [-0.25, -0.2) is 9.18 Å². The lowest BCUT2D eigenvalue weighted by Gasteiger charge is -2.07. The van der Waals surface area contributed by atoms with Crippen molar-refractivity contribution in [3.8, 4) is 0 Å². The number of rotatable bonds is 7. The lowest BCUT2D eigenvalue weighted by Crippen LogP contribution is -2.30. The van der Waals surface area contributed by atoms with Crippen LogP contribution in [-0.4, -0.2) is 30.1 Å². The molecule has 0 bridgehead atoms. The highest BCUT2D eigenvalue weighted by Gasteiger charge is 2.10. The zero-order valence-corrected chi connectivity index (χ0v) is 13.0. The largest absolute Gasteiger partial charge is 0.452 e. The molecule has 0 fully saturated rings. The van der Waals surface area contributed by atoms with E-state index in [0.29, 0.717) is 23.1 Å². The summed E-state index contributed by atoms with van der Waals surface area (Å²) < 4.78 is 18.3. The molecule has 2 aromatic rings. The van der Waals surface area contributed by atoms with Gasteiger partial charge < -0.3 is 15.2 Å². The molecule has 0 heterocycles. The Morgan fingerprint density at radius 2 is 1.79 bits per heavy atom. The van der Waals surface area contributed by atoms with Crippen molar-refractivity contribution in [1.29, 1.82) is 0 Å². The fraction of sp³-hybridized carbons (Fsp3) is 0.222. The Morgan fingerprint density at radius 1 is 1.08 bits per heavy atom. The van der Waals surface area contributed by atoms with E-state index >= 15 is 0 Å². The van der Waals surface area contributed by atoms with Crippen LogP contribution in [-0.2, 0) is 22.6 Å². The van der Waals surface area contributed by atoms with Crippen LogP contribution in [0.25, 0.3) is 0 Å². The number of amides is 1. The Labute approximate surface area is 139 Å². The van der Waals surface area contributed by atoms with Crippen LogP contribution in [0.1, 0.15) is 21.5 Å². The summed E-state index contributed by atoms with van der Waals surface area (Å²) in [6.07, 6.45) is 0.356. The number of carbonyl (C=O) groups excluding carboxylic acids is 2. The van der Waals surface area contributed by atoms with E-state index in [0.717, 1.165) is 0 Å². The Balaban J connectivity index is 1.72. The highest BCUT2D eigenvalue weighted by atomic mass is 19.1. The van der Waals surface area contributed by atoms with Crippen LogP contribution >= 0.6 is 0 Å². The van der Waals surface area contributed by atoms with Crippen molar-refractivity contribution in [2.24, 2.45) is 0 Å². The van der Waals surface area contributed by atoms with E-state index in [2.05, 4.69) is 5.32 Å². The third-order valence-corrected chi connectivity index (χ3v) is 3.38. The van der Waals surface area contributed by atoms with E-state index < -0.39 is 18.5 Å². The van der Waals surface area contributed by atoms with Crippen molar-refractivity contribution in [2.45, 2.75) is 13.0 Å². The third-order valence-electron chi connectivity index (χ3n) is 3.38. The molecule has 0 aliphatic rings. The van der Waals surface area contributed by atoms with Crippen molar-refractivity contribution in [3.63, 3.8) is 0 Å². The van der Waals surface area contributed by atoms with Gasteiger partial charge in [0.1, 0.15) is 5.82 Å². The summed E-state index contributed by atoms with van der Waals surface area (Å²) in [6.45, 7) is -0.264. The highest BCUT2D eigenvalue weighted by molar-refractivity contribution is 5.91. The first-order valence-electron chi connectivity index (χ1n) is 7.47. The average Bonchev–Trinajstić information content (AvgIpc) is 2.61.